The Morgan fingerprint density at radius 2 is 2.08 bits per heavy atom. The van der Waals surface area contributed by atoms with Gasteiger partial charge in [-0.25, -0.2) is 22.5 Å². The lowest BCUT2D eigenvalue weighted by atomic mass is 9.66. The summed E-state index contributed by atoms with van der Waals surface area (Å²) in [6, 6.07) is 6.02. The number of Topliss-reactive ketones (excluding diaryl/α,β-unsaturated/α-hetero) is 1. The number of H-pyrrole nitrogens is 1. The van der Waals surface area contributed by atoms with Gasteiger partial charge in [0, 0.05) is 24.7 Å². The van der Waals surface area contributed by atoms with Crippen LogP contribution in [-0.4, -0.2) is 56.7 Å². The Hall–Kier alpha value is -3.55. The number of carbonyl (C=O) groups is 1. The summed E-state index contributed by atoms with van der Waals surface area (Å²) < 4.78 is 44.8. The number of benzene rings is 1. The number of sulfonamides is 1. The lowest BCUT2D eigenvalue weighted by Gasteiger charge is -2.44. The first-order valence-corrected chi connectivity index (χ1v) is 13.5. The van der Waals surface area contributed by atoms with Gasteiger partial charge in [0.2, 0.25) is 5.78 Å². The lowest BCUT2D eigenvalue weighted by molar-refractivity contribution is -0.731. The number of aromatic nitrogens is 6. The number of nitrogens with one attached hydrogen (secondary N) is 1. The summed E-state index contributed by atoms with van der Waals surface area (Å²) in [5.74, 6) is -0.554. The third kappa shape index (κ3) is 3.53. The maximum absolute atomic E-state index is 13.9. The molecule has 6 rings (SSSR count). The molecule has 1 atom stereocenters. The molecule has 10 nitrogen and oxygen atoms in total. The highest BCUT2D eigenvalue weighted by Gasteiger charge is 2.52. The van der Waals surface area contributed by atoms with Crippen LogP contribution in [0.25, 0.3) is 11.8 Å². The van der Waals surface area contributed by atoms with Crippen molar-refractivity contribution >= 4 is 33.2 Å². The fourth-order valence-electron chi connectivity index (χ4n) is 4.96. The first-order chi connectivity index (χ1) is 17.3. The van der Waals surface area contributed by atoms with Crippen molar-refractivity contribution in [3.63, 3.8) is 0 Å². The molecule has 0 radical (unpaired) electrons. The van der Waals surface area contributed by atoms with Gasteiger partial charge in [-0.3, -0.25) is 4.79 Å². The van der Waals surface area contributed by atoms with E-state index in [2.05, 4.69) is 20.4 Å². The van der Waals surface area contributed by atoms with E-state index in [1.54, 1.807) is 41.6 Å². The number of piperidine rings is 1. The smallest absolute Gasteiger partial charge is 0.290 e. The van der Waals surface area contributed by atoms with Crippen molar-refractivity contribution in [3.8, 4) is 5.69 Å². The maximum atomic E-state index is 13.9. The van der Waals surface area contributed by atoms with Crippen molar-refractivity contribution in [3.05, 3.63) is 75.9 Å². The zero-order chi connectivity index (χ0) is 25.1. The molecule has 36 heavy (non-hydrogen) atoms. The molecule has 1 aliphatic heterocycles. The Morgan fingerprint density at radius 1 is 1.28 bits per heavy atom. The molecule has 184 valence electrons. The number of aromatic amines is 1. The first-order valence-electron chi connectivity index (χ1n) is 11.2. The largest absolute Gasteiger partial charge is 0.346 e. The monoisotopic (exact) mass is 526 g/mol. The van der Waals surface area contributed by atoms with E-state index in [1.165, 1.54) is 38.7 Å². The Labute approximate surface area is 209 Å². The second-order valence-electron chi connectivity index (χ2n) is 8.92. The maximum Gasteiger partial charge on any atom is 0.346 e. The van der Waals surface area contributed by atoms with Crippen molar-refractivity contribution in [1.82, 2.24) is 29.4 Å². The van der Waals surface area contributed by atoms with E-state index in [0.29, 0.717) is 17.1 Å². The predicted molar refractivity (Wildman–Crippen MR) is 127 cm³/mol. The second-order valence-corrected chi connectivity index (χ2v) is 11.7. The molecule has 2 aliphatic rings. The molecule has 0 spiro atoms. The second kappa shape index (κ2) is 8.25. The molecule has 13 heteroatoms. The summed E-state index contributed by atoms with van der Waals surface area (Å²) in [4.78, 5) is 18.2. The molecule has 0 unspecified atom stereocenters. The number of hydrogen-bond acceptors (Lipinski definition) is 7. The van der Waals surface area contributed by atoms with Gasteiger partial charge in [0.05, 0.1) is 28.1 Å². The molecule has 1 N–H and O–H groups in total. The molecule has 1 fully saturated rings. The molecule has 0 saturated carbocycles. The summed E-state index contributed by atoms with van der Waals surface area (Å²) in [6.45, 7) is 0.176. The summed E-state index contributed by atoms with van der Waals surface area (Å²) in [5, 5.41) is 13.0. The van der Waals surface area contributed by atoms with E-state index >= 15 is 0 Å². The van der Waals surface area contributed by atoms with Gasteiger partial charge in [0.15, 0.2) is 11.2 Å². The number of carbonyl (C=O) groups excluding carboxylic acids is 1. The molecule has 0 bridgehead atoms. The Morgan fingerprint density at radius 3 is 2.78 bits per heavy atom. The van der Waals surface area contributed by atoms with Gasteiger partial charge in [0.1, 0.15) is 12.9 Å². The number of hydrogen-bond donors (Lipinski definition) is 1. The van der Waals surface area contributed by atoms with E-state index in [9.17, 15) is 17.6 Å². The average molecular weight is 527 g/mol. The van der Waals surface area contributed by atoms with Gasteiger partial charge >= 0.3 is 5.03 Å². The zero-order valence-corrected chi connectivity index (χ0v) is 20.8. The standard InChI is InChI=1S/C23H20FN7O3S2/c1-29-13-20(27-28-29)36(33,34)30-8-6-16-10-19-15(12-26-31(19)18-4-2-17(24)3-5-18)11-23(16,14-30)21(32)22-25-7-9-35-22/h2-5,7,9-10,12-13H,6,8,11,14H2,1H3/p+1/t23-/m0/s1. The van der Waals surface area contributed by atoms with Crippen LogP contribution in [0.3, 0.4) is 0 Å². The van der Waals surface area contributed by atoms with E-state index < -0.39 is 15.4 Å². The molecule has 1 aromatic carbocycles. The fourth-order valence-corrected chi connectivity index (χ4v) is 7.07. The minimum absolute atomic E-state index is 0.0304. The van der Waals surface area contributed by atoms with Crippen molar-refractivity contribution < 1.29 is 22.3 Å². The highest BCUT2D eigenvalue weighted by atomic mass is 32.2. The van der Waals surface area contributed by atoms with E-state index in [-0.39, 0.29) is 36.1 Å². The minimum atomic E-state index is -3.93. The Bertz CT molecular complexity index is 1610. The van der Waals surface area contributed by atoms with Crippen molar-refractivity contribution in [1.29, 1.82) is 0 Å². The highest BCUT2D eigenvalue weighted by molar-refractivity contribution is 7.89. The van der Waals surface area contributed by atoms with Crippen LogP contribution in [0.2, 0.25) is 0 Å². The summed E-state index contributed by atoms with van der Waals surface area (Å²) >= 11 is 1.24. The van der Waals surface area contributed by atoms with E-state index in [0.717, 1.165) is 16.8 Å². The molecule has 1 aliphatic carbocycles. The van der Waals surface area contributed by atoms with Gasteiger partial charge in [-0.2, -0.15) is 14.1 Å². The summed E-state index contributed by atoms with van der Waals surface area (Å²) in [7, 11) is -2.28. The third-order valence-corrected chi connectivity index (χ3v) is 9.23. The van der Waals surface area contributed by atoms with Crippen LogP contribution < -0.4 is 4.68 Å². The predicted octanol–water partition coefficient (Wildman–Crippen LogP) is 1.92. The van der Waals surface area contributed by atoms with Crippen molar-refractivity contribution in [2.75, 3.05) is 13.1 Å². The van der Waals surface area contributed by atoms with Crippen LogP contribution in [-0.2, 0) is 23.5 Å². The van der Waals surface area contributed by atoms with E-state index in [1.807, 2.05) is 6.08 Å². The normalized spacial score (nSPS) is 20.0. The van der Waals surface area contributed by atoms with Gasteiger partial charge in [-0.05, 0) is 48.7 Å². The van der Waals surface area contributed by atoms with Crippen LogP contribution in [0.4, 0.5) is 4.39 Å². The minimum Gasteiger partial charge on any atom is -0.290 e. The quantitative estimate of drug-likeness (QED) is 0.314. The molecule has 4 heterocycles. The van der Waals surface area contributed by atoms with Gasteiger partial charge in [0.25, 0.3) is 10.0 Å². The topological polar surface area (TPSA) is 118 Å². The molecule has 1 saturated heterocycles. The van der Waals surface area contributed by atoms with Gasteiger partial charge in [-0.1, -0.05) is 10.8 Å². The average Bonchev–Trinajstić information content (AvgIpc) is 3.63. The van der Waals surface area contributed by atoms with Gasteiger partial charge in [-0.15, -0.1) is 11.3 Å². The number of fused-ring (bicyclic) bond motifs is 2. The molecule has 4 aromatic rings. The molecular weight excluding hydrogens is 505 g/mol. The van der Waals surface area contributed by atoms with Crippen molar-refractivity contribution in [2.45, 2.75) is 17.9 Å². The SMILES string of the molecule is C[n+]1cc(S(=O)(=O)N2CCC3=Cc4c(cnn4-c4ccc(F)cc4)C[C@]3(C(=O)c3nccs3)C2)n[nH]1. The Balaban J connectivity index is 1.45. The zero-order valence-electron chi connectivity index (χ0n) is 19.1. The fraction of sp³-hybridized carbons (Fsp3) is 0.261. The third-order valence-electron chi connectivity index (χ3n) is 6.74. The number of thiazole rings is 1. The number of aryl methyl sites for hydroxylation is 1. The summed E-state index contributed by atoms with van der Waals surface area (Å²) in [5.41, 5.74) is 2.01. The van der Waals surface area contributed by atoms with Crippen LogP contribution in [0.5, 0.6) is 0 Å². The highest BCUT2D eigenvalue weighted by Crippen LogP contribution is 2.47. The van der Waals surface area contributed by atoms with Crippen LogP contribution in [0.1, 0.15) is 27.5 Å². The number of nitrogens with zero attached hydrogens (tertiary/aromatic N) is 6. The van der Waals surface area contributed by atoms with Crippen LogP contribution in [0, 0.1) is 11.2 Å². The van der Waals surface area contributed by atoms with E-state index in [4.69, 9.17) is 0 Å². The number of rotatable bonds is 5. The summed E-state index contributed by atoms with van der Waals surface area (Å²) in [6.07, 6.45) is 7.22. The van der Waals surface area contributed by atoms with Crippen LogP contribution in [0.15, 0.2) is 58.8 Å². The van der Waals surface area contributed by atoms with Crippen LogP contribution >= 0.6 is 11.3 Å². The first kappa shape index (κ1) is 22.9. The number of halogens is 1. The van der Waals surface area contributed by atoms with Gasteiger partial charge < -0.3 is 0 Å². The molecular formula is C23H21FN7O3S2+. The molecule has 0 amide bonds. The number of ketones is 1. The Kier molecular flexibility index (Phi) is 5.24. The molecule has 3 aromatic heterocycles. The lowest BCUT2D eigenvalue weighted by Crippen LogP contribution is -2.53. The van der Waals surface area contributed by atoms with Crippen molar-refractivity contribution in [2.24, 2.45) is 12.5 Å².